The third-order valence-corrected chi connectivity index (χ3v) is 1.85. The summed E-state index contributed by atoms with van der Waals surface area (Å²) in [5.41, 5.74) is 0. The molecular formula is C7H14O2. The van der Waals surface area contributed by atoms with Crippen LogP contribution in [0.4, 0.5) is 0 Å². The number of rotatable bonds is 2. The van der Waals surface area contributed by atoms with Crippen molar-refractivity contribution in [1.29, 1.82) is 0 Å². The fourth-order valence-corrected chi connectivity index (χ4v) is 1.21. The number of aliphatic hydroxyl groups excluding tert-OH is 1. The summed E-state index contributed by atoms with van der Waals surface area (Å²) in [4.78, 5) is 0. The molecule has 1 aliphatic heterocycles. The highest BCUT2D eigenvalue weighted by molar-refractivity contribution is 4.71. The van der Waals surface area contributed by atoms with Gasteiger partial charge in [-0.3, -0.25) is 0 Å². The number of aliphatic hydroxyl groups is 1. The van der Waals surface area contributed by atoms with Gasteiger partial charge in [0.2, 0.25) is 0 Å². The van der Waals surface area contributed by atoms with Gasteiger partial charge in [-0.1, -0.05) is 6.92 Å². The molecule has 1 rings (SSSR count). The molecule has 2 heteroatoms. The minimum Gasteiger partial charge on any atom is -0.394 e. The summed E-state index contributed by atoms with van der Waals surface area (Å²) in [6.45, 7) is 2.31. The van der Waals surface area contributed by atoms with E-state index in [1.165, 1.54) is 0 Å². The van der Waals surface area contributed by atoms with E-state index in [-0.39, 0.29) is 12.7 Å². The highest BCUT2D eigenvalue weighted by Gasteiger charge is 2.22. The second kappa shape index (κ2) is 3.18. The van der Waals surface area contributed by atoms with Gasteiger partial charge < -0.3 is 9.84 Å². The van der Waals surface area contributed by atoms with Crippen LogP contribution in [0.25, 0.3) is 0 Å². The van der Waals surface area contributed by atoms with Gasteiger partial charge in [0.05, 0.1) is 18.8 Å². The normalized spacial score (nSPS) is 35.3. The van der Waals surface area contributed by atoms with Crippen molar-refractivity contribution >= 4 is 0 Å². The fraction of sp³-hybridized carbons (Fsp3) is 1.00. The summed E-state index contributed by atoms with van der Waals surface area (Å²) in [7, 11) is 0. The average Bonchev–Trinajstić information content (AvgIpc) is 2.34. The molecule has 1 aliphatic rings. The Morgan fingerprint density at radius 2 is 2.11 bits per heavy atom. The quantitative estimate of drug-likeness (QED) is 0.602. The van der Waals surface area contributed by atoms with E-state index in [0.717, 1.165) is 19.3 Å². The molecule has 0 radical (unpaired) electrons. The van der Waals surface area contributed by atoms with Gasteiger partial charge in [-0.15, -0.1) is 0 Å². The Morgan fingerprint density at radius 1 is 1.44 bits per heavy atom. The molecule has 0 saturated carbocycles. The molecule has 54 valence electrons. The first kappa shape index (κ1) is 7.03. The molecule has 0 aliphatic carbocycles. The van der Waals surface area contributed by atoms with Crippen LogP contribution < -0.4 is 0 Å². The second-order valence-corrected chi connectivity index (χ2v) is 2.55. The van der Waals surface area contributed by atoms with E-state index in [4.69, 9.17) is 9.84 Å². The predicted octanol–water partition coefficient (Wildman–Crippen LogP) is 0.936. The van der Waals surface area contributed by atoms with Crippen molar-refractivity contribution in [1.82, 2.24) is 0 Å². The molecule has 9 heavy (non-hydrogen) atoms. The minimum atomic E-state index is 0.134. The summed E-state index contributed by atoms with van der Waals surface area (Å²) >= 11 is 0. The van der Waals surface area contributed by atoms with Crippen molar-refractivity contribution in [2.75, 3.05) is 6.61 Å². The lowest BCUT2D eigenvalue weighted by molar-refractivity contribution is 0.0106. The molecule has 2 atom stereocenters. The summed E-state index contributed by atoms with van der Waals surface area (Å²) in [6.07, 6.45) is 3.80. The van der Waals surface area contributed by atoms with Gasteiger partial charge in [0.25, 0.3) is 0 Å². The average molecular weight is 130 g/mol. The van der Waals surface area contributed by atoms with Crippen molar-refractivity contribution in [3.8, 4) is 0 Å². The maximum Gasteiger partial charge on any atom is 0.0810 e. The molecule has 0 amide bonds. The van der Waals surface area contributed by atoms with E-state index >= 15 is 0 Å². The lowest BCUT2D eigenvalue weighted by Crippen LogP contribution is -2.13. The molecule has 1 fully saturated rings. The summed E-state index contributed by atoms with van der Waals surface area (Å²) < 4.78 is 5.41. The van der Waals surface area contributed by atoms with E-state index in [2.05, 4.69) is 6.92 Å². The van der Waals surface area contributed by atoms with Crippen molar-refractivity contribution in [2.24, 2.45) is 0 Å². The van der Waals surface area contributed by atoms with E-state index in [9.17, 15) is 0 Å². The van der Waals surface area contributed by atoms with Gasteiger partial charge in [0.15, 0.2) is 0 Å². The lowest BCUT2D eigenvalue weighted by Gasteiger charge is -2.08. The van der Waals surface area contributed by atoms with E-state index in [1.54, 1.807) is 0 Å². The molecule has 0 unspecified atom stereocenters. The Bertz CT molecular complexity index is 73.0. The minimum absolute atomic E-state index is 0.134. The zero-order valence-electron chi connectivity index (χ0n) is 5.84. The van der Waals surface area contributed by atoms with Crippen LogP contribution in [0.3, 0.4) is 0 Å². The topological polar surface area (TPSA) is 29.5 Å². The molecule has 1 N–H and O–H groups in total. The Kier molecular flexibility index (Phi) is 2.49. The molecule has 1 heterocycles. The summed E-state index contributed by atoms with van der Waals surface area (Å²) in [5.74, 6) is 0. The number of hydrogen-bond acceptors (Lipinski definition) is 2. The maximum absolute atomic E-state index is 8.65. The Hall–Kier alpha value is -0.0800. The Morgan fingerprint density at radius 3 is 2.44 bits per heavy atom. The molecule has 0 aromatic heterocycles. The van der Waals surface area contributed by atoms with Crippen molar-refractivity contribution in [2.45, 2.75) is 38.4 Å². The SMILES string of the molecule is CC[C@H]1CC[C@H](CO)O1. The van der Waals surface area contributed by atoms with Gasteiger partial charge in [-0.25, -0.2) is 0 Å². The number of hydrogen-bond donors (Lipinski definition) is 1. The monoisotopic (exact) mass is 130 g/mol. The first-order valence-corrected chi connectivity index (χ1v) is 3.63. The summed E-state index contributed by atoms with van der Waals surface area (Å²) in [5, 5.41) is 8.65. The smallest absolute Gasteiger partial charge is 0.0810 e. The summed E-state index contributed by atoms with van der Waals surface area (Å²) in [6, 6.07) is 0. The molecule has 2 nitrogen and oxygen atoms in total. The lowest BCUT2D eigenvalue weighted by atomic mass is 10.2. The molecule has 0 bridgehead atoms. The van der Waals surface area contributed by atoms with Gasteiger partial charge in [0.1, 0.15) is 0 Å². The van der Waals surface area contributed by atoms with Crippen LogP contribution in [0, 0.1) is 0 Å². The van der Waals surface area contributed by atoms with Crippen LogP contribution in [0.2, 0.25) is 0 Å². The van der Waals surface area contributed by atoms with Crippen molar-refractivity contribution in [3.63, 3.8) is 0 Å². The van der Waals surface area contributed by atoms with Gasteiger partial charge in [-0.2, -0.15) is 0 Å². The maximum atomic E-state index is 8.65. The van der Waals surface area contributed by atoms with Crippen LogP contribution in [0.5, 0.6) is 0 Å². The van der Waals surface area contributed by atoms with E-state index in [1.807, 2.05) is 0 Å². The van der Waals surface area contributed by atoms with E-state index in [0.29, 0.717) is 6.10 Å². The van der Waals surface area contributed by atoms with Crippen molar-refractivity contribution in [3.05, 3.63) is 0 Å². The third kappa shape index (κ3) is 1.66. The van der Waals surface area contributed by atoms with Crippen LogP contribution in [-0.2, 0) is 4.74 Å². The third-order valence-electron chi connectivity index (χ3n) is 1.85. The first-order valence-electron chi connectivity index (χ1n) is 3.63. The Labute approximate surface area is 55.8 Å². The largest absolute Gasteiger partial charge is 0.394 e. The zero-order valence-corrected chi connectivity index (χ0v) is 5.84. The molecular weight excluding hydrogens is 116 g/mol. The van der Waals surface area contributed by atoms with Crippen LogP contribution in [0.1, 0.15) is 26.2 Å². The number of ether oxygens (including phenoxy) is 1. The van der Waals surface area contributed by atoms with Crippen LogP contribution in [-0.4, -0.2) is 23.9 Å². The molecule has 1 saturated heterocycles. The van der Waals surface area contributed by atoms with Crippen LogP contribution in [0.15, 0.2) is 0 Å². The highest BCUT2D eigenvalue weighted by Crippen LogP contribution is 2.20. The van der Waals surface area contributed by atoms with Crippen LogP contribution >= 0.6 is 0 Å². The van der Waals surface area contributed by atoms with Gasteiger partial charge >= 0.3 is 0 Å². The molecule has 0 aromatic carbocycles. The Balaban J connectivity index is 2.20. The van der Waals surface area contributed by atoms with Crippen molar-refractivity contribution < 1.29 is 9.84 Å². The van der Waals surface area contributed by atoms with Gasteiger partial charge in [-0.05, 0) is 19.3 Å². The fourth-order valence-electron chi connectivity index (χ4n) is 1.21. The first-order chi connectivity index (χ1) is 4.36. The second-order valence-electron chi connectivity index (χ2n) is 2.55. The van der Waals surface area contributed by atoms with E-state index < -0.39 is 0 Å². The predicted molar refractivity (Wildman–Crippen MR) is 35.3 cm³/mol. The van der Waals surface area contributed by atoms with Gasteiger partial charge in [0, 0.05) is 0 Å². The molecule has 0 aromatic rings. The standard InChI is InChI=1S/C7H14O2/c1-2-6-3-4-7(5-8)9-6/h6-8H,2-5H2,1H3/t6-,7+/m0/s1. The zero-order chi connectivity index (χ0) is 6.69. The highest BCUT2D eigenvalue weighted by atomic mass is 16.5. The molecule has 0 spiro atoms.